The van der Waals surface area contributed by atoms with Crippen LogP contribution in [0.15, 0.2) is 12.4 Å². The second-order valence-electron chi connectivity index (χ2n) is 5.99. The molecule has 0 aliphatic rings. The number of nitrogens with one attached hydrogen (secondary N) is 2. The highest BCUT2D eigenvalue weighted by atomic mass is 16.3. The lowest BCUT2D eigenvalue weighted by Crippen LogP contribution is -2.37. The van der Waals surface area contributed by atoms with Crippen LogP contribution in [0.4, 0.5) is 10.5 Å². The SMILES string of the molecule is CC(C)C(O)CNC(=O)Nc1cnn(C(C)(C)C)c1. The van der Waals surface area contributed by atoms with Crippen LogP contribution in [0.1, 0.15) is 34.6 Å². The first-order valence-corrected chi connectivity index (χ1v) is 6.48. The Bertz CT molecular complexity index is 421. The third kappa shape index (κ3) is 4.90. The van der Waals surface area contributed by atoms with Crippen molar-refractivity contribution in [3.63, 3.8) is 0 Å². The Hall–Kier alpha value is -1.56. The second kappa shape index (κ2) is 6.06. The molecular weight excluding hydrogens is 244 g/mol. The molecular formula is C13H24N4O2. The van der Waals surface area contributed by atoms with Crippen molar-refractivity contribution >= 4 is 11.7 Å². The Kier molecular flexibility index (Phi) is 4.94. The minimum absolute atomic E-state index is 0.115. The molecule has 0 spiro atoms. The van der Waals surface area contributed by atoms with Gasteiger partial charge in [-0.05, 0) is 26.7 Å². The summed E-state index contributed by atoms with van der Waals surface area (Å²) in [6, 6.07) is -0.340. The number of hydrogen-bond donors (Lipinski definition) is 3. The molecule has 1 aromatic rings. The molecule has 3 N–H and O–H groups in total. The third-order valence-electron chi connectivity index (χ3n) is 2.77. The van der Waals surface area contributed by atoms with Gasteiger partial charge in [0, 0.05) is 12.7 Å². The van der Waals surface area contributed by atoms with Gasteiger partial charge in [0.05, 0.1) is 23.5 Å². The van der Waals surface area contributed by atoms with E-state index >= 15 is 0 Å². The summed E-state index contributed by atoms with van der Waals surface area (Å²) in [6.45, 7) is 10.1. The van der Waals surface area contributed by atoms with E-state index in [0.717, 1.165) is 0 Å². The molecule has 0 aliphatic carbocycles. The summed E-state index contributed by atoms with van der Waals surface area (Å²) in [5, 5.41) is 19.1. The summed E-state index contributed by atoms with van der Waals surface area (Å²) in [5.41, 5.74) is 0.510. The highest BCUT2D eigenvalue weighted by Gasteiger charge is 2.15. The second-order valence-corrected chi connectivity index (χ2v) is 5.99. The van der Waals surface area contributed by atoms with Gasteiger partial charge in [0.1, 0.15) is 0 Å². The number of aliphatic hydroxyl groups is 1. The van der Waals surface area contributed by atoms with Crippen molar-refractivity contribution in [1.82, 2.24) is 15.1 Å². The lowest BCUT2D eigenvalue weighted by Gasteiger charge is -2.18. The number of urea groups is 1. The highest BCUT2D eigenvalue weighted by molar-refractivity contribution is 5.88. The molecule has 19 heavy (non-hydrogen) atoms. The maximum atomic E-state index is 11.6. The van der Waals surface area contributed by atoms with E-state index in [2.05, 4.69) is 15.7 Å². The van der Waals surface area contributed by atoms with E-state index < -0.39 is 6.10 Å². The number of hydrogen-bond acceptors (Lipinski definition) is 3. The van der Waals surface area contributed by atoms with Gasteiger partial charge in [0.25, 0.3) is 0 Å². The maximum Gasteiger partial charge on any atom is 0.319 e. The minimum Gasteiger partial charge on any atom is -0.391 e. The van der Waals surface area contributed by atoms with Gasteiger partial charge in [-0.15, -0.1) is 0 Å². The molecule has 2 amide bonds. The highest BCUT2D eigenvalue weighted by Crippen LogP contribution is 2.15. The number of amides is 2. The predicted molar refractivity (Wildman–Crippen MR) is 75.1 cm³/mol. The van der Waals surface area contributed by atoms with Crippen LogP contribution in [-0.2, 0) is 5.54 Å². The zero-order chi connectivity index (χ0) is 14.6. The smallest absolute Gasteiger partial charge is 0.319 e. The fraction of sp³-hybridized carbons (Fsp3) is 0.692. The molecule has 6 heteroatoms. The van der Waals surface area contributed by atoms with Gasteiger partial charge in [-0.3, -0.25) is 4.68 Å². The molecule has 0 saturated carbocycles. The van der Waals surface area contributed by atoms with Crippen molar-refractivity contribution in [3.05, 3.63) is 12.4 Å². The van der Waals surface area contributed by atoms with Gasteiger partial charge < -0.3 is 15.7 Å². The summed E-state index contributed by atoms with van der Waals surface area (Å²) < 4.78 is 1.78. The molecule has 1 unspecified atom stereocenters. The molecule has 0 radical (unpaired) electrons. The molecule has 0 aliphatic heterocycles. The zero-order valence-corrected chi connectivity index (χ0v) is 12.3. The molecule has 1 rings (SSSR count). The molecule has 108 valence electrons. The number of aliphatic hydroxyl groups excluding tert-OH is 1. The van der Waals surface area contributed by atoms with E-state index in [-0.39, 0.29) is 24.0 Å². The number of nitrogens with zero attached hydrogens (tertiary/aromatic N) is 2. The van der Waals surface area contributed by atoms with Crippen molar-refractivity contribution in [2.24, 2.45) is 5.92 Å². The van der Waals surface area contributed by atoms with Crippen LogP contribution in [0.25, 0.3) is 0 Å². The van der Waals surface area contributed by atoms with Gasteiger partial charge in [-0.25, -0.2) is 4.79 Å². The first-order valence-electron chi connectivity index (χ1n) is 6.48. The Morgan fingerprint density at radius 2 is 2.11 bits per heavy atom. The Morgan fingerprint density at radius 1 is 1.47 bits per heavy atom. The molecule has 0 bridgehead atoms. The van der Waals surface area contributed by atoms with Crippen molar-refractivity contribution in [2.45, 2.75) is 46.3 Å². The lowest BCUT2D eigenvalue weighted by atomic mass is 10.1. The van der Waals surface area contributed by atoms with Gasteiger partial charge in [0.15, 0.2) is 0 Å². The first kappa shape index (κ1) is 15.5. The van der Waals surface area contributed by atoms with Crippen LogP contribution in [-0.4, -0.2) is 33.6 Å². The number of carbonyl (C=O) groups is 1. The van der Waals surface area contributed by atoms with E-state index in [1.54, 1.807) is 17.1 Å². The van der Waals surface area contributed by atoms with Crippen LogP contribution in [0.2, 0.25) is 0 Å². The quantitative estimate of drug-likeness (QED) is 0.778. The summed E-state index contributed by atoms with van der Waals surface area (Å²) in [6.07, 6.45) is 2.84. The largest absolute Gasteiger partial charge is 0.391 e. The molecule has 6 nitrogen and oxygen atoms in total. The van der Waals surface area contributed by atoms with E-state index in [9.17, 15) is 9.90 Å². The number of carbonyl (C=O) groups excluding carboxylic acids is 1. The van der Waals surface area contributed by atoms with E-state index in [0.29, 0.717) is 5.69 Å². The third-order valence-corrected chi connectivity index (χ3v) is 2.77. The van der Waals surface area contributed by atoms with Crippen LogP contribution in [0, 0.1) is 5.92 Å². The average Bonchev–Trinajstić information content (AvgIpc) is 2.73. The van der Waals surface area contributed by atoms with Gasteiger partial charge >= 0.3 is 6.03 Å². The minimum atomic E-state index is -0.539. The predicted octanol–water partition coefficient (Wildman–Crippen LogP) is 1.78. The van der Waals surface area contributed by atoms with E-state index in [1.165, 1.54) is 0 Å². The van der Waals surface area contributed by atoms with Crippen LogP contribution in [0.3, 0.4) is 0 Å². The van der Waals surface area contributed by atoms with Gasteiger partial charge in [0.2, 0.25) is 0 Å². The first-order chi connectivity index (χ1) is 8.70. The standard InChI is InChI=1S/C13H24N4O2/c1-9(2)11(18)7-14-12(19)16-10-6-15-17(8-10)13(3,4)5/h6,8-9,11,18H,7H2,1-5H3,(H2,14,16,19). The molecule has 0 fully saturated rings. The molecule has 0 saturated heterocycles. The fourth-order valence-corrected chi connectivity index (χ4v) is 1.36. The van der Waals surface area contributed by atoms with Crippen molar-refractivity contribution in [1.29, 1.82) is 0 Å². The summed E-state index contributed by atoms with van der Waals surface area (Å²) >= 11 is 0. The summed E-state index contributed by atoms with van der Waals surface area (Å²) in [7, 11) is 0. The van der Waals surface area contributed by atoms with Crippen LogP contribution >= 0.6 is 0 Å². The monoisotopic (exact) mass is 268 g/mol. The average molecular weight is 268 g/mol. The molecule has 1 atom stereocenters. The van der Waals surface area contributed by atoms with Crippen molar-refractivity contribution in [3.8, 4) is 0 Å². The number of anilines is 1. The summed E-state index contributed by atoms with van der Waals surface area (Å²) in [4.78, 5) is 11.6. The van der Waals surface area contributed by atoms with E-state index in [1.807, 2.05) is 34.6 Å². The van der Waals surface area contributed by atoms with Crippen molar-refractivity contribution in [2.75, 3.05) is 11.9 Å². The molecule has 1 aromatic heterocycles. The van der Waals surface area contributed by atoms with Crippen LogP contribution in [0.5, 0.6) is 0 Å². The Morgan fingerprint density at radius 3 is 2.58 bits per heavy atom. The zero-order valence-electron chi connectivity index (χ0n) is 12.3. The van der Waals surface area contributed by atoms with Gasteiger partial charge in [-0.1, -0.05) is 13.8 Å². The fourth-order valence-electron chi connectivity index (χ4n) is 1.36. The Balaban J connectivity index is 2.47. The Labute approximate surface area is 114 Å². The maximum absolute atomic E-state index is 11.6. The van der Waals surface area contributed by atoms with E-state index in [4.69, 9.17) is 0 Å². The summed E-state index contributed by atoms with van der Waals surface area (Å²) in [5.74, 6) is 0.115. The van der Waals surface area contributed by atoms with Crippen molar-refractivity contribution < 1.29 is 9.90 Å². The van der Waals surface area contributed by atoms with Gasteiger partial charge in [-0.2, -0.15) is 5.10 Å². The molecule has 1 heterocycles. The lowest BCUT2D eigenvalue weighted by molar-refractivity contribution is 0.126. The number of aromatic nitrogens is 2. The number of rotatable bonds is 4. The van der Waals surface area contributed by atoms with Crippen LogP contribution < -0.4 is 10.6 Å². The molecule has 0 aromatic carbocycles. The normalized spacial score (nSPS) is 13.4. The topological polar surface area (TPSA) is 79.2 Å².